The van der Waals surface area contributed by atoms with Crippen LogP contribution in [0.5, 0.6) is 0 Å². The van der Waals surface area contributed by atoms with E-state index in [-0.39, 0.29) is 0 Å². The summed E-state index contributed by atoms with van der Waals surface area (Å²) >= 11 is 0. The molecule has 3 rings (SSSR count). The minimum Gasteiger partial charge on any atom is -0.0654 e. The van der Waals surface area contributed by atoms with Gasteiger partial charge in [-0.3, -0.25) is 0 Å². The molecule has 0 spiro atoms. The molecule has 0 aliphatic heterocycles. The first-order valence-corrected chi connectivity index (χ1v) is 4.92. The molecule has 0 bridgehead atoms. The molecule has 0 aromatic carbocycles. The Morgan fingerprint density at radius 3 is 2.60 bits per heavy atom. The van der Waals surface area contributed by atoms with Crippen LogP contribution >= 0.6 is 0 Å². The SMILES string of the molecule is CCCC1C2CC3CC3C12. The van der Waals surface area contributed by atoms with Crippen LogP contribution in [0.15, 0.2) is 0 Å². The van der Waals surface area contributed by atoms with Gasteiger partial charge < -0.3 is 0 Å². The molecule has 3 fully saturated rings. The quantitative estimate of drug-likeness (QED) is 0.547. The van der Waals surface area contributed by atoms with E-state index in [0.29, 0.717) is 0 Å². The summed E-state index contributed by atoms with van der Waals surface area (Å²) in [6.45, 7) is 2.33. The van der Waals surface area contributed by atoms with Crippen molar-refractivity contribution in [3.63, 3.8) is 0 Å². The second-order valence-corrected chi connectivity index (χ2v) is 4.59. The van der Waals surface area contributed by atoms with Crippen molar-refractivity contribution in [1.29, 1.82) is 0 Å². The summed E-state index contributed by atoms with van der Waals surface area (Å²) < 4.78 is 0. The second kappa shape index (κ2) is 1.60. The van der Waals surface area contributed by atoms with Gasteiger partial charge in [0.2, 0.25) is 0 Å². The third kappa shape index (κ3) is 0.538. The van der Waals surface area contributed by atoms with Crippen molar-refractivity contribution in [2.45, 2.75) is 32.6 Å². The molecule has 5 unspecified atom stereocenters. The Morgan fingerprint density at radius 2 is 2.00 bits per heavy atom. The molecule has 0 heterocycles. The van der Waals surface area contributed by atoms with Gasteiger partial charge in [0.15, 0.2) is 0 Å². The maximum absolute atomic E-state index is 2.33. The van der Waals surface area contributed by atoms with Crippen molar-refractivity contribution >= 4 is 0 Å². The first kappa shape index (κ1) is 5.62. The molecule has 56 valence electrons. The zero-order valence-corrected chi connectivity index (χ0v) is 6.72. The van der Waals surface area contributed by atoms with Crippen molar-refractivity contribution in [1.82, 2.24) is 0 Å². The number of rotatable bonds is 2. The van der Waals surface area contributed by atoms with E-state index in [9.17, 15) is 0 Å². The maximum Gasteiger partial charge on any atom is -0.0321 e. The average Bonchev–Trinajstić information content (AvgIpc) is 2.78. The standard InChI is InChI=1S/C10H16/c1-2-3-7-9-5-6-4-8(6)10(7)9/h6-10H,2-5H2,1H3. The zero-order chi connectivity index (χ0) is 6.72. The molecular weight excluding hydrogens is 120 g/mol. The van der Waals surface area contributed by atoms with Crippen LogP contribution in [0.4, 0.5) is 0 Å². The Labute approximate surface area is 63.0 Å². The minimum absolute atomic E-state index is 1.20. The summed E-state index contributed by atoms with van der Waals surface area (Å²) in [5, 5.41) is 0. The zero-order valence-electron chi connectivity index (χ0n) is 6.72. The van der Waals surface area contributed by atoms with Gasteiger partial charge in [-0.05, 0) is 42.4 Å². The van der Waals surface area contributed by atoms with Crippen molar-refractivity contribution in [2.75, 3.05) is 0 Å². The Bertz CT molecular complexity index is 161. The first-order chi connectivity index (χ1) is 4.92. The Kier molecular flexibility index (Phi) is 0.898. The van der Waals surface area contributed by atoms with Crippen LogP contribution in [0.3, 0.4) is 0 Å². The molecule has 0 aromatic rings. The third-order valence-corrected chi connectivity index (χ3v) is 4.07. The van der Waals surface area contributed by atoms with Crippen LogP contribution in [-0.4, -0.2) is 0 Å². The molecule has 10 heavy (non-hydrogen) atoms. The van der Waals surface area contributed by atoms with E-state index in [1.54, 1.807) is 19.3 Å². The van der Waals surface area contributed by atoms with Gasteiger partial charge in [0, 0.05) is 0 Å². The summed E-state index contributed by atoms with van der Waals surface area (Å²) in [6, 6.07) is 0. The molecule has 0 aromatic heterocycles. The highest BCUT2D eigenvalue weighted by Gasteiger charge is 2.66. The topological polar surface area (TPSA) is 0 Å². The lowest BCUT2D eigenvalue weighted by atomic mass is 10.1. The number of fused-ring (bicyclic) bond motifs is 3. The highest BCUT2D eigenvalue weighted by Crippen LogP contribution is 2.73. The molecule has 3 saturated carbocycles. The lowest BCUT2D eigenvalue weighted by molar-refractivity contribution is 0.531. The van der Waals surface area contributed by atoms with Gasteiger partial charge in [-0.2, -0.15) is 0 Å². The number of hydrogen-bond acceptors (Lipinski definition) is 0. The Morgan fingerprint density at radius 1 is 1.20 bits per heavy atom. The summed E-state index contributed by atoms with van der Waals surface area (Å²) in [6.07, 6.45) is 6.20. The van der Waals surface area contributed by atoms with Crippen molar-refractivity contribution in [2.24, 2.45) is 29.6 Å². The van der Waals surface area contributed by atoms with Crippen LogP contribution < -0.4 is 0 Å². The summed E-state index contributed by atoms with van der Waals surface area (Å²) in [7, 11) is 0. The fourth-order valence-corrected chi connectivity index (χ4v) is 3.54. The van der Waals surface area contributed by atoms with E-state index >= 15 is 0 Å². The van der Waals surface area contributed by atoms with Gasteiger partial charge in [-0.25, -0.2) is 0 Å². The monoisotopic (exact) mass is 136 g/mol. The largest absolute Gasteiger partial charge is 0.0654 e. The van der Waals surface area contributed by atoms with Crippen molar-refractivity contribution < 1.29 is 0 Å². The van der Waals surface area contributed by atoms with Gasteiger partial charge >= 0.3 is 0 Å². The number of hydrogen-bond donors (Lipinski definition) is 0. The molecule has 0 amide bonds. The van der Waals surface area contributed by atoms with E-state index in [1.807, 2.05) is 0 Å². The first-order valence-electron chi connectivity index (χ1n) is 4.92. The molecular formula is C10H16. The predicted octanol–water partition coefficient (Wildman–Crippen LogP) is 2.69. The summed E-state index contributed by atoms with van der Waals surface area (Å²) in [4.78, 5) is 0. The predicted molar refractivity (Wildman–Crippen MR) is 41.6 cm³/mol. The second-order valence-electron chi connectivity index (χ2n) is 4.59. The van der Waals surface area contributed by atoms with E-state index in [1.165, 1.54) is 36.0 Å². The highest BCUT2D eigenvalue weighted by molar-refractivity contribution is 5.15. The van der Waals surface area contributed by atoms with Gasteiger partial charge in [0.1, 0.15) is 0 Å². The van der Waals surface area contributed by atoms with Gasteiger partial charge in [-0.1, -0.05) is 19.8 Å². The fourth-order valence-electron chi connectivity index (χ4n) is 3.54. The van der Waals surface area contributed by atoms with Crippen LogP contribution in [0.1, 0.15) is 32.6 Å². The van der Waals surface area contributed by atoms with E-state index in [4.69, 9.17) is 0 Å². The van der Waals surface area contributed by atoms with Gasteiger partial charge in [0.25, 0.3) is 0 Å². The molecule has 0 N–H and O–H groups in total. The molecule has 5 atom stereocenters. The van der Waals surface area contributed by atoms with Crippen LogP contribution in [0, 0.1) is 29.6 Å². The summed E-state index contributed by atoms with van der Waals surface area (Å²) in [5.74, 6) is 6.13. The van der Waals surface area contributed by atoms with Crippen LogP contribution in [-0.2, 0) is 0 Å². The molecule has 3 aliphatic rings. The van der Waals surface area contributed by atoms with Crippen LogP contribution in [0.25, 0.3) is 0 Å². The molecule has 0 radical (unpaired) electrons. The average molecular weight is 136 g/mol. The van der Waals surface area contributed by atoms with E-state index < -0.39 is 0 Å². The molecule has 0 nitrogen and oxygen atoms in total. The third-order valence-electron chi connectivity index (χ3n) is 4.07. The van der Waals surface area contributed by atoms with Crippen molar-refractivity contribution in [3.05, 3.63) is 0 Å². The van der Waals surface area contributed by atoms with Gasteiger partial charge in [0.05, 0.1) is 0 Å². The summed E-state index contributed by atoms with van der Waals surface area (Å²) in [5.41, 5.74) is 0. The molecule has 0 saturated heterocycles. The smallest absolute Gasteiger partial charge is 0.0321 e. The van der Waals surface area contributed by atoms with Crippen LogP contribution in [0.2, 0.25) is 0 Å². The molecule has 3 aliphatic carbocycles. The van der Waals surface area contributed by atoms with Gasteiger partial charge in [-0.15, -0.1) is 0 Å². The fraction of sp³-hybridized carbons (Fsp3) is 1.00. The minimum atomic E-state index is 1.20. The molecule has 0 heteroatoms. The Hall–Kier alpha value is 0. The highest BCUT2D eigenvalue weighted by atomic mass is 14.7. The normalized spacial score (nSPS) is 61.5. The Balaban J connectivity index is 1.66. The maximum atomic E-state index is 2.33. The lowest BCUT2D eigenvalue weighted by Gasteiger charge is -1.97. The van der Waals surface area contributed by atoms with Crippen molar-refractivity contribution in [3.8, 4) is 0 Å². The lowest BCUT2D eigenvalue weighted by Crippen LogP contribution is -1.88. The van der Waals surface area contributed by atoms with E-state index in [2.05, 4.69) is 6.92 Å². The van der Waals surface area contributed by atoms with E-state index in [0.717, 1.165) is 0 Å².